The Labute approximate surface area is 121 Å². The van der Waals surface area contributed by atoms with E-state index < -0.39 is 0 Å². The first-order valence-electron chi connectivity index (χ1n) is 6.50. The molecule has 0 radical (unpaired) electrons. The van der Waals surface area contributed by atoms with Crippen molar-refractivity contribution in [2.45, 2.75) is 13.5 Å². The average molecular weight is 288 g/mol. The van der Waals surface area contributed by atoms with Crippen LogP contribution in [0.2, 0.25) is 0 Å². The van der Waals surface area contributed by atoms with E-state index in [1.54, 1.807) is 16.0 Å². The Morgan fingerprint density at radius 2 is 2.25 bits per heavy atom. The molecule has 0 bridgehead atoms. The second-order valence-corrected chi connectivity index (χ2v) is 5.45. The molecule has 0 spiro atoms. The Hall–Kier alpha value is -2.08. The molecule has 5 nitrogen and oxygen atoms in total. The maximum Gasteiger partial charge on any atom is 0.184 e. The molecule has 0 fully saturated rings. The highest BCUT2D eigenvalue weighted by Gasteiger charge is 2.05. The lowest BCUT2D eigenvalue weighted by Gasteiger charge is -2.00. The van der Waals surface area contributed by atoms with Gasteiger partial charge in [-0.2, -0.15) is 5.10 Å². The molecule has 1 aromatic carbocycles. The second-order valence-electron chi connectivity index (χ2n) is 4.42. The Bertz CT molecular complexity index is 719. The summed E-state index contributed by atoms with van der Waals surface area (Å²) in [4.78, 5) is 4.55. The summed E-state index contributed by atoms with van der Waals surface area (Å²) in [7, 11) is 1.91. The van der Waals surface area contributed by atoms with Gasteiger partial charge in [0.15, 0.2) is 5.13 Å². The fraction of sp³-hybridized carbons (Fsp3) is 0.286. The number of anilines is 1. The number of aromatic nitrogens is 3. The number of fused-ring (bicyclic) bond motifs is 1. The molecule has 104 valence electrons. The molecule has 2 aromatic heterocycles. The van der Waals surface area contributed by atoms with Crippen molar-refractivity contribution in [3.63, 3.8) is 0 Å². The zero-order valence-electron chi connectivity index (χ0n) is 11.5. The van der Waals surface area contributed by atoms with Crippen molar-refractivity contribution in [1.82, 2.24) is 14.8 Å². The first kappa shape index (κ1) is 12.9. The van der Waals surface area contributed by atoms with Crippen LogP contribution in [0.15, 0.2) is 30.5 Å². The summed E-state index contributed by atoms with van der Waals surface area (Å²) in [5.74, 6) is 0.889. The van der Waals surface area contributed by atoms with Crippen molar-refractivity contribution >= 4 is 26.7 Å². The number of hydrogen-bond donors (Lipinski definition) is 1. The predicted octanol–water partition coefficient (Wildman–Crippen LogP) is 3.04. The fourth-order valence-electron chi connectivity index (χ4n) is 1.96. The minimum absolute atomic E-state index is 0.676. The van der Waals surface area contributed by atoms with Gasteiger partial charge >= 0.3 is 0 Å². The largest absolute Gasteiger partial charge is 0.494 e. The SMILES string of the molecule is CCOc1ccc2nc(NCc3ccn(C)n3)sc2c1. The summed E-state index contributed by atoms with van der Waals surface area (Å²) in [6, 6.07) is 7.97. The molecular weight excluding hydrogens is 272 g/mol. The predicted molar refractivity (Wildman–Crippen MR) is 81.3 cm³/mol. The van der Waals surface area contributed by atoms with Crippen molar-refractivity contribution in [3.8, 4) is 5.75 Å². The first-order valence-corrected chi connectivity index (χ1v) is 7.32. The van der Waals surface area contributed by atoms with Crippen LogP contribution >= 0.6 is 11.3 Å². The van der Waals surface area contributed by atoms with Crippen LogP contribution in [0.3, 0.4) is 0 Å². The Kier molecular flexibility index (Phi) is 3.56. The quantitative estimate of drug-likeness (QED) is 0.784. The van der Waals surface area contributed by atoms with Gasteiger partial charge < -0.3 is 10.1 Å². The van der Waals surface area contributed by atoms with Crippen molar-refractivity contribution in [3.05, 3.63) is 36.2 Å². The molecule has 3 aromatic rings. The number of aryl methyl sites for hydroxylation is 1. The molecule has 3 rings (SSSR count). The van der Waals surface area contributed by atoms with Crippen LogP contribution < -0.4 is 10.1 Å². The maximum atomic E-state index is 5.50. The van der Waals surface area contributed by atoms with Crippen LogP contribution in [0.5, 0.6) is 5.75 Å². The molecule has 0 aliphatic rings. The molecule has 1 N–H and O–H groups in total. The van der Waals surface area contributed by atoms with Gasteiger partial charge in [-0.3, -0.25) is 4.68 Å². The third kappa shape index (κ3) is 2.75. The van der Waals surface area contributed by atoms with Crippen LogP contribution in [0.4, 0.5) is 5.13 Å². The van der Waals surface area contributed by atoms with E-state index in [4.69, 9.17) is 4.74 Å². The summed E-state index contributed by atoms with van der Waals surface area (Å²) in [6.45, 7) is 3.34. The van der Waals surface area contributed by atoms with E-state index in [9.17, 15) is 0 Å². The highest BCUT2D eigenvalue weighted by molar-refractivity contribution is 7.22. The zero-order valence-corrected chi connectivity index (χ0v) is 12.3. The minimum Gasteiger partial charge on any atom is -0.494 e. The topological polar surface area (TPSA) is 52.0 Å². The molecule has 0 aliphatic carbocycles. The molecule has 0 unspecified atom stereocenters. The summed E-state index contributed by atoms with van der Waals surface area (Å²) < 4.78 is 8.42. The van der Waals surface area contributed by atoms with E-state index in [0.29, 0.717) is 13.2 Å². The molecule has 20 heavy (non-hydrogen) atoms. The summed E-state index contributed by atoms with van der Waals surface area (Å²) in [6.07, 6.45) is 1.93. The smallest absolute Gasteiger partial charge is 0.184 e. The molecular formula is C14H16N4OS. The van der Waals surface area contributed by atoms with E-state index in [1.807, 2.05) is 44.4 Å². The van der Waals surface area contributed by atoms with Crippen molar-refractivity contribution in [1.29, 1.82) is 0 Å². The number of benzene rings is 1. The van der Waals surface area contributed by atoms with Gasteiger partial charge in [-0.1, -0.05) is 11.3 Å². The molecule has 0 saturated carbocycles. The standard InChI is InChI=1S/C14H16N4OS/c1-3-19-11-4-5-12-13(8-11)20-14(16-12)15-9-10-6-7-18(2)17-10/h4-8H,3,9H2,1-2H3,(H,15,16). The van der Waals surface area contributed by atoms with E-state index in [0.717, 1.165) is 26.8 Å². The van der Waals surface area contributed by atoms with Gasteiger partial charge in [0, 0.05) is 13.2 Å². The zero-order chi connectivity index (χ0) is 13.9. The highest BCUT2D eigenvalue weighted by atomic mass is 32.1. The lowest BCUT2D eigenvalue weighted by molar-refractivity contribution is 0.341. The van der Waals surface area contributed by atoms with E-state index in [1.165, 1.54) is 0 Å². The molecule has 0 atom stereocenters. The molecule has 0 amide bonds. The van der Waals surface area contributed by atoms with E-state index >= 15 is 0 Å². The summed E-state index contributed by atoms with van der Waals surface area (Å²) >= 11 is 1.63. The van der Waals surface area contributed by atoms with Crippen molar-refractivity contribution < 1.29 is 4.74 Å². The van der Waals surface area contributed by atoms with Gasteiger partial charge in [0.1, 0.15) is 5.75 Å². The average Bonchev–Trinajstić information content (AvgIpc) is 3.02. The number of thiazole rings is 1. The van der Waals surface area contributed by atoms with Crippen molar-refractivity contribution in [2.75, 3.05) is 11.9 Å². The molecule has 0 aliphatic heterocycles. The number of nitrogens with zero attached hydrogens (tertiary/aromatic N) is 3. The fourth-order valence-corrected chi connectivity index (χ4v) is 2.85. The third-order valence-electron chi connectivity index (χ3n) is 2.86. The van der Waals surface area contributed by atoms with Gasteiger partial charge in [-0.05, 0) is 31.2 Å². The van der Waals surface area contributed by atoms with Crippen LogP contribution in [-0.4, -0.2) is 21.4 Å². The van der Waals surface area contributed by atoms with Gasteiger partial charge in [0.25, 0.3) is 0 Å². The molecule has 6 heteroatoms. The van der Waals surface area contributed by atoms with Gasteiger partial charge in [-0.15, -0.1) is 0 Å². The van der Waals surface area contributed by atoms with E-state index in [-0.39, 0.29) is 0 Å². The number of ether oxygens (including phenoxy) is 1. The first-order chi connectivity index (χ1) is 9.74. The molecule has 0 saturated heterocycles. The highest BCUT2D eigenvalue weighted by Crippen LogP contribution is 2.29. The Balaban J connectivity index is 1.75. The number of hydrogen-bond acceptors (Lipinski definition) is 5. The van der Waals surface area contributed by atoms with Gasteiger partial charge in [-0.25, -0.2) is 4.98 Å². The molecule has 2 heterocycles. The number of rotatable bonds is 5. The lowest BCUT2D eigenvalue weighted by Crippen LogP contribution is -2.00. The van der Waals surface area contributed by atoms with E-state index in [2.05, 4.69) is 15.4 Å². The van der Waals surface area contributed by atoms with Crippen LogP contribution in [-0.2, 0) is 13.6 Å². The number of nitrogens with one attached hydrogen (secondary N) is 1. The van der Waals surface area contributed by atoms with Crippen LogP contribution in [0.25, 0.3) is 10.2 Å². The van der Waals surface area contributed by atoms with Crippen LogP contribution in [0.1, 0.15) is 12.6 Å². The monoisotopic (exact) mass is 288 g/mol. The van der Waals surface area contributed by atoms with Gasteiger partial charge in [0.2, 0.25) is 0 Å². The van der Waals surface area contributed by atoms with Crippen molar-refractivity contribution in [2.24, 2.45) is 7.05 Å². The Morgan fingerprint density at radius 1 is 1.35 bits per heavy atom. The third-order valence-corrected chi connectivity index (χ3v) is 3.84. The second kappa shape index (κ2) is 5.50. The summed E-state index contributed by atoms with van der Waals surface area (Å²) in [5, 5.41) is 8.54. The van der Waals surface area contributed by atoms with Gasteiger partial charge in [0.05, 0.1) is 29.1 Å². The summed E-state index contributed by atoms with van der Waals surface area (Å²) in [5.41, 5.74) is 1.99. The van der Waals surface area contributed by atoms with Crippen LogP contribution in [0, 0.1) is 0 Å². The Morgan fingerprint density at radius 3 is 3.00 bits per heavy atom. The lowest BCUT2D eigenvalue weighted by atomic mass is 10.3. The normalized spacial score (nSPS) is 10.9. The maximum absolute atomic E-state index is 5.50. The minimum atomic E-state index is 0.676.